The molecule has 50 valence electrons. The molecule has 9 heavy (non-hydrogen) atoms. The van der Waals surface area contributed by atoms with E-state index < -0.39 is 6.10 Å². The quantitative estimate of drug-likeness (QED) is 0.400. The second kappa shape index (κ2) is 2.09. The van der Waals surface area contributed by atoms with Crippen LogP contribution in [0.2, 0.25) is 0 Å². The third-order valence-electron chi connectivity index (χ3n) is 1.01. The number of carbonyl (C=O) groups excluding carboxylic acids is 1. The van der Waals surface area contributed by atoms with E-state index in [0.717, 1.165) is 0 Å². The van der Waals surface area contributed by atoms with Crippen LogP contribution in [0.3, 0.4) is 0 Å². The lowest BCUT2D eigenvalue weighted by molar-refractivity contribution is -0.144. The van der Waals surface area contributed by atoms with Crippen LogP contribution in [0.15, 0.2) is 12.3 Å². The van der Waals surface area contributed by atoms with Gasteiger partial charge in [-0.3, -0.25) is 0 Å². The fraction of sp³-hybridized carbons (Fsp3) is 0.500. The zero-order valence-corrected chi connectivity index (χ0v) is 5.22. The summed E-state index contributed by atoms with van der Waals surface area (Å²) in [4.78, 5) is 10.6. The Morgan fingerprint density at radius 2 is 2.56 bits per heavy atom. The van der Waals surface area contributed by atoms with Crippen LogP contribution in [0.4, 0.5) is 0 Å². The van der Waals surface area contributed by atoms with E-state index in [1.807, 2.05) is 0 Å². The Balaban J connectivity index is 2.28. The fourth-order valence-corrected chi connectivity index (χ4v) is 0.515. The molecule has 0 amide bonds. The molecule has 3 heteroatoms. The Morgan fingerprint density at radius 3 is 2.89 bits per heavy atom. The molecule has 1 aliphatic rings. The van der Waals surface area contributed by atoms with E-state index in [1.54, 1.807) is 6.92 Å². The van der Waals surface area contributed by atoms with E-state index in [9.17, 15) is 4.79 Å². The number of rotatable bonds is 2. The van der Waals surface area contributed by atoms with Gasteiger partial charge in [0.25, 0.3) is 6.10 Å². The minimum absolute atomic E-state index is 0.331. The molecule has 1 fully saturated rings. The molecule has 1 heterocycles. The maximum absolute atomic E-state index is 10.6. The van der Waals surface area contributed by atoms with Gasteiger partial charge in [0, 0.05) is 0 Å². The van der Waals surface area contributed by atoms with Crippen molar-refractivity contribution in [3.63, 3.8) is 0 Å². The summed E-state index contributed by atoms with van der Waals surface area (Å²) in [6.45, 7) is 5.58. The van der Waals surface area contributed by atoms with Gasteiger partial charge in [0.1, 0.15) is 5.76 Å². The minimum Gasteiger partial charge on any atom is -0.471 e. The van der Waals surface area contributed by atoms with Crippen molar-refractivity contribution in [1.29, 1.82) is 0 Å². The summed E-state index contributed by atoms with van der Waals surface area (Å²) in [5, 5.41) is 0. The van der Waals surface area contributed by atoms with Gasteiger partial charge in [0.2, 0.25) is 0 Å². The number of ether oxygens (including phenoxy) is 2. The SMILES string of the molecule is C=C1OC1C(=O)OCC. The first-order valence-electron chi connectivity index (χ1n) is 2.77. The molecule has 3 nitrogen and oxygen atoms in total. The topological polar surface area (TPSA) is 38.8 Å². The zero-order chi connectivity index (χ0) is 6.85. The van der Waals surface area contributed by atoms with Gasteiger partial charge in [0.15, 0.2) is 0 Å². The minimum atomic E-state index is -0.468. The summed E-state index contributed by atoms with van der Waals surface area (Å²) in [6, 6.07) is 0. The average molecular weight is 128 g/mol. The van der Waals surface area contributed by atoms with Gasteiger partial charge in [-0.2, -0.15) is 0 Å². The molecule has 0 spiro atoms. The number of esters is 1. The summed E-state index contributed by atoms with van der Waals surface area (Å²) in [7, 11) is 0. The molecule has 1 rings (SSSR count). The molecule has 0 aromatic heterocycles. The highest BCUT2D eigenvalue weighted by molar-refractivity contribution is 5.81. The van der Waals surface area contributed by atoms with Crippen LogP contribution in [0.25, 0.3) is 0 Å². The van der Waals surface area contributed by atoms with E-state index in [2.05, 4.69) is 16.1 Å². The second-order valence-electron chi connectivity index (χ2n) is 1.72. The van der Waals surface area contributed by atoms with Gasteiger partial charge in [-0.15, -0.1) is 0 Å². The van der Waals surface area contributed by atoms with Gasteiger partial charge in [-0.05, 0) is 6.92 Å². The molecular weight excluding hydrogens is 120 g/mol. The molecule has 1 atom stereocenters. The Bertz CT molecular complexity index is 150. The standard InChI is InChI=1S/C6H8O3/c1-3-8-6(7)5-4(2)9-5/h5H,2-3H2,1H3. The van der Waals surface area contributed by atoms with Gasteiger partial charge < -0.3 is 9.47 Å². The maximum atomic E-state index is 10.6. The third kappa shape index (κ3) is 1.22. The van der Waals surface area contributed by atoms with E-state index in [-0.39, 0.29) is 5.97 Å². The van der Waals surface area contributed by atoms with Crippen LogP contribution in [-0.4, -0.2) is 18.7 Å². The highest BCUT2D eigenvalue weighted by Gasteiger charge is 2.39. The molecule has 0 N–H and O–H groups in total. The van der Waals surface area contributed by atoms with Crippen LogP contribution in [0.5, 0.6) is 0 Å². The van der Waals surface area contributed by atoms with Crippen molar-refractivity contribution < 1.29 is 14.3 Å². The van der Waals surface area contributed by atoms with Gasteiger partial charge >= 0.3 is 5.97 Å². The van der Waals surface area contributed by atoms with Crippen LogP contribution in [-0.2, 0) is 14.3 Å². The van der Waals surface area contributed by atoms with Crippen molar-refractivity contribution in [2.24, 2.45) is 0 Å². The predicted octanol–water partition coefficient (Wildman–Crippen LogP) is 0.462. The molecule has 0 bridgehead atoms. The Labute approximate surface area is 53.3 Å². The van der Waals surface area contributed by atoms with E-state index in [0.29, 0.717) is 12.4 Å². The van der Waals surface area contributed by atoms with Gasteiger partial charge in [0.05, 0.1) is 6.61 Å². The van der Waals surface area contributed by atoms with Gasteiger partial charge in [-0.25, -0.2) is 4.79 Å². The highest BCUT2D eigenvalue weighted by atomic mass is 16.6. The fourth-order valence-electron chi connectivity index (χ4n) is 0.515. The van der Waals surface area contributed by atoms with Crippen LogP contribution < -0.4 is 0 Å². The number of epoxide rings is 1. The van der Waals surface area contributed by atoms with Crippen molar-refractivity contribution in [3.8, 4) is 0 Å². The summed E-state index contributed by atoms with van der Waals surface area (Å²) in [5.74, 6) is 0.177. The summed E-state index contributed by atoms with van der Waals surface area (Å²) >= 11 is 0. The second-order valence-corrected chi connectivity index (χ2v) is 1.72. The molecule has 0 aliphatic carbocycles. The molecule has 0 aromatic carbocycles. The predicted molar refractivity (Wildman–Crippen MR) is 30.6 cm³/mol. The lowest BCUT2D eigenvalue weighted by Crippen LogP contribution is -2.10. The smallest absolute Gasteiger partial charge is 0.355 e. The van der Waals surface area contributed by atoms with Crippen molar-refractivity contribution in [1.82, 2.24) is 0 Å². The molecule has 0 saturated carbocycles. The summed E-state index contributed by atoms with van der Waals surface area (Å²) in [5.41, 5.74) is 0. The molecule has 1 unspecified atom stereocenters. The Morgan fingerprint density at radius 1 is 2.00 bits per heavy atom. The first-order chi connectivity index (χ1) is 4.25. The molecule has 0 aromatic rings. The Kier molecular flexibility index (Phi) is 1.42. The first-order valence-corrected chi connectivity index (χ1v) is 2.77. The largest absolute Gasteiger partial charge is 0.471 e. The maximum Gasteiger partial charge on any atom is 0.355 e. The van der Waals surface area contributed by atoms with Crippen molar-refractivity contribution in [2.75, 3.05) is 6.61 Å². The van der Waals surface area contributed by atoms with E-state index in [4.69, 9.17) is 0 Å². The first kappa shape index (κ1) is 6.13. The molecule has 1 saturated heterocycles. The van der Waals surface area contributed by atoms with E-state index >= 15 is 0 Å². The highest BCUT2D eigenvalue weighted by Crippen LogP contribution is 2.25. The van der Waals surface area contributed by atoms with Crippen LogP contribution in [0, 0.1) is 0 Å². The summed E-state index contributed by atoms with van der Waals surface area (Å²) in [6.07, 6.45) is -0.468. The van der Waals surface area contributed by atoms with Crippen molar-refractivity contribution in [3.05, 3.63) is 12.3 Å². The molecule has 0 radical (unpaired) electrons. The van der Waals surface area contributed by atoms with Crippen molar-refractivity contribution in [2.45, 2.75) is 13.0 Å². The monoisotopic (exact) mass is 128 g/mol. The zero-order valence-electron chi connectivity index (χ0n) is 5.22. The van der Waals surface area contributed by atoms with Gasteiger partial charge in [-0.1, -0.05) is 6.58 Å². The number of hydrogen-bond acceptors (Lipinski definition) is 3. The normalized spacial score (nSPS) is 22.8. The van der Waals surface area contributed by atoms with Crippen LogP contribution >= 0.6 is 0 Å². The number of hydrogen-bond donors (Lipinski definition) is 0. The lowest BCUT2D eigenvalue weighted by atomic mass is 10.4. The number of carbonyl (C=O) groups is 1. The Hall–Kier alpha value is -0.990. The average Bonchev–Trinajstić information content (AvgIpc) is 2.47. The third-order valence-corrected chi connectivity index (χ3v) is 1.01. The van der Waals surface area contributed by atoms with Crippen molar-refractivity contribution >= 4 is 5.97 Å². The van der Waals surface area contributed by atoms with E-state index in [1.165, 1.54) is 0 Å². The molecular formula is C6H8O3. The van der Waals surface area contributed by atoms with Crippen LogP contribution in [0.1, 0.15) is 6.92 Å². The summed E-state index contributed by atoms with van der Waals surface area (Å²) < 4.78 is 9.27. The lowest BCUT2D eigenvalue weighted by Gasteiger charge is -1.92. The molecule has 1 aliphatic heterocycles.